The van der Waals surface area contributed by atoms with Crippen molar-refractivity contribution < 1.29 is 15.0 Å². The molecule has 0 aliphatic carbocycles. The van der Waals surface area contributed by atoms with Crippen LogP contribution in [0.4, 0.5) is 0 Å². The molecular formula is C16H17NO3. The number of para-hydroxylation sites is 1. The molecule has 20 heavy (non-hydrogen) atoms. The Bertz CT molecular complexity index is 606. The molecule has 104 valence electrons. The fraction of sp³-hybridized carbons (Fsp3) is 0.188. The minimum absolute atomic E-state index is 0.0228. The molecule has 2 rings (SSSR count). The van der Waals surface area contributed by atoms with E-state index < -0.39 is 0 Å². The van der Waals surface area contributed by atoms with Gasteiger partial charge in [-0.1, -0.05) is 24.3 Å². The zero-order valence-corrected chi connectivity index (χ0v) is 11.3. The van der Waals surface area contributed by atoms with Gasteiger partial charge in [-0.25, -0.2) is 0 Å². The van der Waals surface area contributed by atoms with Crippen LogP contribution in [0.5, 0.6) is 11.5 Å². The average Bonchev–Trinajstić information content (AvgIpc) is 2.44. The monoisotopic (exact) mass is 271 g/mol. The van der Waals surface area contributed by atoms with Crippen LogP contribution in [0, 0.1) is 6.92 Å². The van der Waals surface area contributed by atoms with Crippen molar-refractivity contribution in [3.05, 3.63) is 59.2 Å². The summed E-state index contributed by atoms with van der Waals surface area (Å²) in [4.78, 5) is 12.0. The number of carbonyl (C=O) groups is 1. The number of nitrogens with one attached hydrogen (secondary N) is 1. The van der Waals surface area contributed by atoms with Gasteiger partial charge >= 0.3 is 0 Å². The summed E-state index contributed by atoms with van der Waals surface area (Å²) < 4.78 is 0. The third-order valence-corrected chi connectivity index (χ3v) is 3.12. The normalized spacial score (nSPS) is 10.2. The van der Waals surface area contributed by atoms with Gasteiger partial charge < -0.3 is 15.5 Å². The lowest BCUT2D eigenvalue weighted by Crippen LogP contribution is -2.25. The molecule has 0 atom stereocenters. The summed E-state index contributed by atoms with van der Waals surface area (Å²) in [5.41, 5.74) is 1.99. The van der Waals surface area contributed by atoms with Crippen LogP contribution < -0.4 is 5.32 Å². The quantitative estimate of drug-likeness (QED) is 0.799. The molecule has 0 aliphatic heterocycles. The summed E-state index contributed by atoms with van der Waals surface area (Å²) in [5, 5.41) is 21.8. The molecule has 0 saturated carbocycles. The van der Waals surface area contributed by atoms with Crippen molar-refractivity contribution >= 4 is 5.91 Å². The summed E-state index contributed by atoms with van der Waals surface area (Å²) in [6.45, 7) is 2.22. The standard InChI is InChI=1S/C16H17NO3/c1-11-3-2-4-14(15(11)19)16(20)17-10-9-12-5-7-13(18)8-6-12/h2-8,18-19H,9-10H2,1H3,(H,17,20). The molecule has 0 bridgehead atoms. The van der Waals surface area contributed by atoms with Gasteiger partial charge in [0.05, 0.1) is 5.56 Å². The van der Waals surface area contributed by atoms with E-state index >= 15 is 0 Å². The zero-order chi connectivity index (χ0) is 14.5. The molecule has 0 unspecified atom stereocenters. The summed E-state index contributed by atoms with van der Waals surface area (Å²) in [5.74, 6) is -0.0397. The Hall–Kier alpha value is -2.49. The second kappa shape index (κ2) is 6.10. The van der Waals surface area contributed by atoms with Crippen molar-refractivity contribution in [3.8, 4) is 11.5 Å². The Kier molecular flexibility index (Phi) is 4.25. The molecule has 2 aromatic rings. The van der Waals surface area contributed by atoms with Gasteiger partial charge in [0, 0.05) is 6.54 Å². The van der Waals surface area contributed by atoms with Crippen molar-refractivity contribution in [1.82, 2.24) is 5.32 Å². The van der Waals surface area contributed by atoms with Crippen LogP contribution in [0.3, 0.4) is 0 Å². The van der Waals surface area contributed by atoms with Gasteiger partial charge in [-0.05, 0) is 42.7 Å². The van der Waals surface area contributed by atoms with Crippen molar-refractivity contribution in [2.75, 3.05) is 6.54 Å². The molecule has 0 aromatic heterocycles. The lowest BCUT2D eigenvalue weighted by atomic mass is 10.1. The van der Waals surface area contributed by atoms with E-state index in [9.17, 15) is 15.0 Å². The van der Waals surface area contributed by atoms with Gasteiger partial charge in [0.25, 0.3) is 5.91 Å². The maximum Gasteiger partial charge on any atom is 0.255 e. The minimum Gasteiger partial charge on any atom is -0.508 e. The maximum atomic E-state index is 12.0. The third-order valence-electron chi connectivity index (χ3n) is 3.12. The first-order valence-electron chi connectivity index (χ1n) is 6.42. The largest absolute Gasteiger partial charge is 0.508 e. The molecular weight excluding hydrogens is 254 g/mol. The highest BCUT2D eigenvalue weighted by Crippen LogP contribution is 2.21. The van der Waals surface area contributed by atoms with E-state index in [4.69, 9.17) is 0 Å². The Labute approximate surface area is 117 Å². The van der Waals surface area contributed by atoms with E-state index in [0.29, 0.717) is 18.5 Å². The first kappa shape index (κ1) is 13.9. The predicted octanol–water partition coefficient (Wildman–Crippen LogP) is 2.38. The number of hydrogen-bond donors (Lipinski definition) is 3. The lowest BCUT2D eigenvalue weighted by molar-refractivity contribution is 0.0951. The molecule has 0 spiro atoms. The number of phenolic OH excluding ortho intramolecular Hbond substituents is 2. The molecule has 4 heteroatoms. The van der Waals surface area contributed by atoms with Gasteiger partial charge in [-0.15, -0.1) is 0 Å². The topological polar surface area (TPSA) is 69.6 Å². The van der Waals surface area contributed by atoms with Crippen LogP contribution in [0.15, 0.2) is 42.5 Å². The molecule has 1 amide bonds. The van der Waals surface area contributed by atoms with E-state index in [0.717, 1.165) is 5.56 Å². The number of benzene rings is 2. The van der Waals surface area contributed by atoms with Crippen LogP contribution in [-0.2, 0) is 6.42 Å². The second-order valence-corrected chi connectivity index (χ2v) is 4.64. The second-order valence-electron chi connectivity index (χ2n) is 4.64. The molecule has 3 N–H and O–H groups in total. The lowest BCUT2D eigenvalue weighted by Gasteiger charge is -2.08. The van der Waals surface area contributed by atoms with E-state index in [2.05, 4.69) is 5.32 Å². The fourth-order valence-corrected chi connectivity index (χ4v) is 1.92. The first-order chi connectivity index (χ1) is 9.58. The predicted molar refractivity (Wildman–Crippen MR) is 77.0 cm³/mol. The van der Waals surface area contributed by atoms with Crippen LogP contribution in [0.2, 0.25) is 0 Å². The van der Waals surface area contributed by atoms with Crippen molar-refractivity contribution in [2.24, 2.45) is 0 Å². The molecule has 4 nitrogen and oxygen atoms in total. The van der Waals surface area contributed by atoms with Gasteiger partial charge in [0.2, 0.25) is 0 Å². The number of rotatable bonds is 4. The van der Waals surface area contributed by atoms with E-state index in [1.807, 2.05) is 12.1 Å². The zero-order valence-electron chi connectivity index (χ0n) is 11.3. The van der Waals surface area contributed by atoms with E-state index in [1.165, 1.54) is 0 Å². The Morgan fingerprint density at radius 2 is 1.80 bits per heavy atom. The molecule has 0 aliphatic rings. The van der Waals surface area contributed by atoms with Crippen LogP contribution in [0.1, 0.15) is 21.5 Å². The Morgan fingerprint density at radius 3 is 2.50 bits per heavy atom. The number of aromatic hydroxyl groups is 2. The highest BCUT2D eigenvalue weighted by molar-refractivity contribution is 5.97. The molecule has 0 fully saturated rings. The van der Waals surface area contributed by atoms with E-state index in [-0.39, 0.29) is 23.0 Å². The van der Waals surface area contributed by atoms with Gasteiger partial charge in [0.15, 0.2) is 0 Å². The fourth-order valence-electron chi connectivity index (χ4n) is 1.92. The summed E-state index contributed by atoms with van der Waals surface area (Å²) in [7, 11) is 0. The molecule has 2 aromatic carbocycles. The SMILES string of the molecule is Cc1cccc(C(=O)NCCc2ccc(O)cc2)c1O. The van der Waals surface area contributed by atoms with Crippen molar-refractivity contribution in [1.29, 1.82) is 0 Å². The van der Waals surface area contributed by atoms with Crippen molar-refractivity contribution in [2.45, 2.75) is 13.3 Å². The average molecular weight is 271 g/mol. The Morgan fingerprint density at radius 1 is 1.10 bits per heavy atom. The summed E-state index contributed by atoms with van der Waals surface area (Å²) in [6, 6.07) is 11.9. The highest BCUT2D eigenvalue weighted by Gasteiger charge is 2.11. The number of carbonyl (C=O) groups excluding carboxylic acids is 1. The van der Waals surface area contributed by atoms with Crippen LogP contribution >= 0.6 is 0 Å². The third kappa shape index (κ3) is 3.29. The summed E-state index contributed by atoms with van der Waals surface area (Å²) >= 11 is 0. The number of amides is 1. The number of hydrogen-bond acceptors (Lipinski definition) is 3. The van der Waals surface area contributed by atoms with Gasteiger partial charge in [-0.3, -0.25) is 4.79 Å². The minimum atomic E-state index is -0.287. The first-order valence-corrected chi connectivity index (χ1v) is 6.42. The van der Waals surface area contributed by atoms with Gasteiger partial charge in [0.1, 0.15) is 11.5 Å². The molecule has 0 heterocycles. The molecule has 0 radical (unpaired) electrons. The number of phenols is 2. The maximum absolute atomic E-state index is 12.0. The Balaban J connectivity index is 1.92. The smallest absolute Gasteiger partial charge is 0.255 e. The van der Waals surface area contributed by atoms with E-state index in [1.54, 1.807) is 37.3 Å². The summed E-state index contributed by atoms with van der Waals surface area (Å²) in [6.07, 6.45) is 0.665. The highest BCUT2D eigenvalue weighted by atomic mass is 16.3. The van der Waals surface area contributed by atoms with Crippen LogP contribution in [-0.4, -0.2) is 22.7 Å². The van der Waals surface area contributed by atoms with Crippen LogP contribution in [0.25, 0.3) is 0 Å². The molecule has 0 saturated heterocycles. The van der Waals surface area contributed by atoms with Crippen molar-refractivity contribution in [3.63, 3.8) is 0 Å². The van der Waals surface area contributed by atoms with Gasteiger partial charge in [-0.2, -0.15) is 0 Å². The number of aryl methyl sites for hydroxylation is 1.